The van der Waals surface area contributed by atoms with E-state index in [1.165, 1.54) is 34.9 Å². The summed E-state index contributed by atoms with van der Waals surface area (Å²) >= 11 is 0. The summed E-state index contributed by atoms with van der Waals surface area (Å²) in [6, 6.07) is 7.80. The number of aryl methyl sites for hydroxylation is 1. The highest BCUT2D eigenvalue weighted by molar-refractivity contribution is 7.92. The van der Waals surface area contributed by atoms with Crippen LogP contribution in [-0.4, -0.2) is 29.7 Å². The fraction of sp³-hybridized carbons (Fsp3) is 0.250. The molecule has 1 aliphatic rings. The SMILES string of the molecule is N#Cc1ccc(S(=O)(=O)N2CCCn3ncnc32)cc1. The highest BCUT2D eigenvalue weighted by Gasteiger charge is 2.30. The molecule has 2 aromatic rings. The van der Waals surface area contributed by atoms with E-state index in [1.807, 2.05) is 6.07 Å². The van der Waals surface area contributed by atoms with Gasteiger partial charge in [0.15, 0.2) is 0 Å². The third kappa shape index (κ3) is 1.92. The standard InChI is InChI=1S/C12H11N5O2S/c13-8-10-2-4-11(5-3-10)20(18,19)17-7-1-6-16-12(17)14-9-15-16/h2-5,9H,1,6-7H2. The quantitative estimate of drug-likeness (QED) is 0.813. The molecule has 20 heavy (non-hydrogen) atoms. The van der Waals surface area contributed by atoms with E-state index in [-0.39, 0.29) is 4.90 Å². The maximum Gasteiger partial charge on any atom is 0.266 e. The minimum absolute atomic E-state index is 0.146. The molecule has 1 aromatic heterocycles. The molecule has 0 atom stereocenters. The number of anilines is 1. The second-order valence-corrected chi connectivity index (χ2v) is 6.21. The van der Waals surface area contributed by atoms with Crippen molar-refractivity contribution < 1.29 is 8.42 Å². The largest absolute Gasteiger partial charge is 0.266 e. The maximum atomic E-state index is 12.6. The Kier molecular flexibility index (Phi) is 2.91. The van der Waals surface area contributed by atoms with Crippen molar-refractivity contribution in [1.29, 1.82) is 5.26 Å². The first kappa shape index (κ1) is 12.6. The molecule has 0 aliphatic carbocycles. The van der Waals surface area contributed by atoms with Gasteiger partial charge in [-0.05, 0) is 30.7 Å². The van der Waals surface area contributed by atoms with Crippen LogP contribution in [0.3, 0.4) is 0 Å². The molecule has 2 heterocycles. The van der Waals surface area contributed by atoms with E-state index in [1.54, 1.807) is 4.68 Å². The van der Waals surface area contributed by atoms with Crippen molar-refractivity contribution in [1.82, 2.24) is 14.8 Å². The van der Waals surface area contributed by atoms with Gasteiger partial charge in [0.1, 0.15) is 6.33 Å². The topological polar surface area (TPSA) is 91.9 Å². The Morgan fingerprint density at radius 2 is 1.95 bits per heavy atom. The molecule has 0 saturated carbocycles. The summed E-state index contributed by atoms with van der Waals surface area (Å²) in [6.45, 7) is 1.04. The van der Waals surface area contributed by atoms with Crippen molar-refractivity contribution in [2.24, 2.45) is 0 Å². The normalized spacial score (nSPS) is 14.7. The zero-order chi connectivity index (χ0) is 14.2. The highest BCUT2D eigenvalue weighted by atomic mass is 32.2. The van der Waals surface area contributed by atoms with Crippen LogP contribution in [0.2, 0.25) is 0 Å². The molecule has 0 N–H and O–H groups in total. The molecular formula is C12H11N5O2S. The predicted octanol–water partition coefficient (Wildman–Crippen LogP) is 0.749. The summed E-state index contributed by atoms with van der Waals surface area (Å²) in [7, 11) is -3.67. The molecule has 102 valence electrons. The zero-order valence-electron chi connectivity index (χ0n) is 10.5. The Hall–Kier alpha value is -2.40. The predicted molar refractivity (Wildman–Crippen MR) is 70.3 cm³/mol. The van der Waals surface area contributed by atoms with Gasteiger partial charge in [0.25, 0.3) is 10.0 Å². The van der Waals surface area contributed by atoms with Crippen LogP contribution >= 0.6 is 0 Å². The number of hydrogen-bond donors (Lipinski definition) is 0. The van der Waals surface area contributed by atoms with E-state index in [0.29, 0.717) is 31.0 Å². The van der Waals surface area contributed by atoms with E-state index in [9.17, 15) is 8.42 Å². The van der Waals surface area contributed by atoms with Crippen LogP contribution in [0.1, 0.15) is 12.0 Å². The molecule has 3 rings (SSSR count). The molecule has 7 nitrogen and oxygen atoms in total. The molecule has 0 unspecified atom stereocenters. The molecule has 0 spiro atoms. The molecule has 0 radical (unpaired) electrons. The molecule has 0 amide bonds. The van der Waals surface area contributed by atoms with Gasteiger partial charge in [0, 0.05) is 13.1 Å². The second kappa shape index (κ2) is 4.61. The van der Waals surface area contributed by atoms with Crippen molar-refractivity contribution in [2.45, 2.75) is 17.9 Å². The Balaban J connectivity index is 2.03. The van der Waals surface area contributed by atoms with Gasteiger partial charge in [-0.1, -0.05) is 0 Å². The molecule has 0 fully saturated rings. The number of aromatic nitrogens is 3. The van der Waals surface area contributed by atoms with Gasteiger partial charge in [-0.3, -0.25) is 0 Å². The van der Waals surface area contributed by atoms with E-state index >= 15 is 0 Å². The first-order valence-corrected chi connectivity index (χ1v) is 7.47. The van der Waals surface area contributed by atoms with Gasteiger partial charge in [-0.2, -0.15) is 15.3 Å². The highest BCUT2D eigenvalue weighted by Crippen LogP contribution is 2.25. The van der Waals surface area contributed by atoms with Crippen LogP contribution in [0.4, 0.5) is 5.95 Å². The number of nitriles is 1. The van der Waals surface area contributed by atoms with Crippen LogP contribution in [0, 0.1) is 11.3 Å². The van der Waals surface area contributed by atoms with Gasteiger partial charge in [-0.15, -0.1) is 0 Å². The number of hydrogen-bond acceptors (Lipinski definition) is 5. The number of rotatable bonds is 2. The molecule has 1 aliphatic heterocycles. The fourth-order valence-corrected chi connectivity index (χ4v) is 3.59. The Morgan fingerprint density at radius 3 is 2.65 bits per heavy atom. The van der Waals surface area contributed by atoms with Crippen LogP contribution in [0.5, 0.6) is 0 Å². The molecular weight excluding hydrogens is 278 g/mol. The van der Waals surface area contributed by atoms with Gasteiger partial charge in [0.05, 0.1) is 16.5 Å². The van der Waals surface area contributed by atoms with Crippen LogP contribution in [-0.2, 0) is 16.6 Å². The summed E-state index contributed by atoms with van der Waals surface area (Å²) < 4.78 is 28.0. The zero-order valence-corrected chi connectivity index (χ0v) is 11.3. The van der Waals surface area contributed by atoms with Gasteiger partial charge >= 0.3 is 0 Å². The minimum atomic E-state index is -3.67. The fourth-order valence-electron chi connectivity index (χ4n) is 2.13. The van der Waals surface area contributed by atoms with Crippen LogP contribution < -0.4 is 4.31 Å². The van der Waals surface area contributed by atoms with Crippen molar-refractivity contribution in [3.05, 3.63) is 36.2 Å². The first-order valence-electron chi connectivity index (χ1n) is 6.03. The van der Waals surface area contributed by atoms with Crippen molar-refractivity contribution in [2.75, 3.05) is 10.8 Å². The number of fused-ring (bicyclic) bond motifs is 1. The van der Waals surface area contributed by atoms with E-state index in [4.69, 9.17) is 5.26 Å². The molecule has 0 saturated heterocycles. The maximum absolute atomic E-state index is 12.6. The monoisotopic (exact) mass is 289 g/mol. The lowest BCUT2D eigenvalue weighted by atomic mass is 10.2. The van der Waals surface area contributed by atoms with Crippen molar-refractivity contribution in [3.8, 4) is 6.07 Å². The van der Waals surface area contributed by atoms with Crippen LogP contribution in [0.25, 0.3) is 0 Å². The summed E-state index contributed by atoms with van der Waals surface area (Å²) in [5, 5.41) is 12.7. The van der Waals surface area contributed by atoms with E-state index in [0.717, 1.165) is 0 Å². The number of nitrogens with zero attached hydrogens (tertiary/aromatic N) is 5. The Morgan fingerprint density at radius 1 is 1.20 bits per heavy atom. The first-order chi connectivity index (χ1) is 9.63. The summed E-state index contributed by atoms with van der Waals surface area (Å²) in [5.74, 6) is 0.334. The molecule has 1 aromatic carbocycles. The molecule has 8 heteroatoms. The smallest absolute Gasteiger partial charge is 0.234 e. The third-order valence-electron chi connectivity index (χ3n) is 3.12. The third-order valence-corrected chi connectivity index (χ3v) is 4.91. The van der Waals surface area contributed by atoms with Gasteiger partial charge < -0.3 is 0 Å². The summed E-state index contributed by atoms with van der Waals surface area (Å²) in [4.78, 5) is 4.16. The Bertz CT molecular complexity index is 773. The second-order valence-electron chi connectivity index (χ2n) is 4.35. The summed E-state index contributed by atoms with van der Waals surface area (Å²) in [5.41, 5.74) is 0.422. The lowest BCUT2D eigenvalue weighted by molar-refractivity contribution is 0.529. The van der Waals surface area contributed by atoms with Crippen LogP contribution in [0.15, 0.2) is 35.5 Å². The van der Waals surface area contributed by atoms with Crippen molar-refractivity contribution in [3.63, 3.8) is 0 Å². The van der Waals surface area contributed by atoms with Gasteiger partial charge in [0.2, 0.25) is 5.95 Å². The lowest BCUT2D eigenvalue weighted by Gasteiger charge is -2.27. The average molecular weight is 289 g/mol. The Labute approximate surface area is 116 Å². The summed E-state index contributed by atoms with van der Waals surface area (Å²) in [6.07, 6.45) is 2.04. The van der Waals surface area contributed by atoms with Crippen molar-refractivity contribution >= 4 is 16.0 Å². The minimum Gasteiger partial charge on any atom is -0.234 e. The number of sulfonamides is 1. The average Bonchev–Trinajstić information content (AvgIpc) is 2.95. The molecule has 0 bridgehead atoms. The van der Waals surface area contributed by atoms with Gasteiger partial charge in [-0.25, -0.2) is 17.4 Å². The van der Waals surface area contributed by atoms with E-state index in [2.05, 4.69) is 10.1 Å². The lowest BCUT2D eigenvalue weighted by Crippen LogP contribution is -2.38. The van der Waals surface area contributed by atoms with E-state index < -0.39 is 10.0 Å². The number of benzene rings is 1.